The van der Waals surface area contributed by atoms with Crippen LogP contribution >= 0.6 is 0 Å². The quantitative estimate of drug-likeness (QED) is 0.696. The van der Waals surface area contributed by atoms with Crippen LogP contribution in [0.1, 0.15) is 29.5 Å². The molecule has 0 spiro atoms. The number of benzene rings is 1. The van der Waals surface area contributed by atoms with Gasteiger partial charge in [0.25, 0.3) is 0 Å². The summed E-state index contributed by atoms with van der Waals surface area (Å²) in [7, 11) is 1.80. The number of aromatic nitrogens is 2. The predicted molar refractivity (Wildman–Crippen MR) is 102 cm³/mol. The van der Waals surface area contributed by atoms with Crippen molar-refractivity contribution in [1.29, 1.82) is 5.26 Å². The molecule has 0 bridgehead atoms. The van der Waals surface area contributed by atoms with Crippen molar-refractivity contribution in [2.24, 2.45) is 5.92 Å². The Labute approximate surface area is 167 Å². The van der Waals surface area contributed by atoms with Gasteiger partial charge >= 0.3 is 0 Å². The van der Waals surface area contributed by atoms with Crippen LogP contribution in [0, 0.1) is 23.1 Å². The molecule has 1 amide bonds. The van der Waals surface area contributed by atoms with E-state index in [9.17, 15) is 9.18 Å². The van der Waals surface area contributed by atoms with E-state index in [0.29, 0.717) is 25.3 Å². The second kappa shape index (κ2) is 7.89. The molecule has 0 radical (unpaired) electrons. The van der Waals surface area contributed by atoms with Crippen molar-refractivity contribution in [2.45, 2.75) is 19.0 Å². The highest BCUT2D eigenvalue weighted by molar-refractivity contribution is 5.79. The Morgan fingerprint density at radius 3 is 2.83 bits per heavy atom. The van der Waals surface area contributed by atoms with Crippen molar-refractivity contribution in [3.05, 3.63) is 71.7 Å². The first-order valence-electron chi connectivity index (χ1n) is 9.31. The second-order valence-corrected chi connectivity index (χ2v) is 7.12. The van der Waals surface area contributed by atoms with Crippen LogP contribution in [0.15, 0.2) is 53.2 Å². The minimum Gasteiger partial charge on any atom is -0.449 e. The zero-order valence-electron chi connectivity index (χ0n) is 15.9. The number of nitrogens with zero attached hydrogens (tertiary/aromatic N) is 4. The standard InChI is InChI=1S/C21H20FN5O2/c1-26-20(28)8-14(10-24-12-19-7-6-18(9-23)29-19)21(26)15-11-25-27(13-15)17-4-2-16(22)3-5-17/h2-7,11,13-14,21,24H,8,10,12H2,1H3/t14-,21+/m0/s1. The van der Waals surface area contributed by atoms with Gasteiger partial charge in [-0.2, -0.15) is 10.4 Å². The van der Waals surface area contributed by atoms with Crippen LogP contribution in [0.3, 0.4) is 0 Å². The average Bonchev–Trinajstić information content (AvgIpc) is 3.43. The molecule has 3 heterocycles. The Kier molecular flexibility index (Phi) is 5.14. The van der Waals surface area contributed by atoms with E-state index in [0.717, 1.165) is 11.3 Å². The third-order valence-corrected chi connectivity index (χ3v) is 5.21. The van der Waals surface area contributed by atoms with E-state index in [1.165, 1.54) is 12.1 Å². The first-order chi connectivity index (χ1) is 14.0. The summed E-state index contributed by atoms with van der Waals surface area (Å²) in [6, 6.07) is 11.4. The largest absolute Gasteiger partial charge is 0.449 e. The van der Waals surface area contributed by atoms with Crippen molar-refractivity contribution in [1.82, 2.24) is 20.0 Å². The molecule has 148 valence electrons. The third kappa shape index (κ3) is 3.91. The summed E-state index contributed by atoms with van der Waals surface area (Å²) < 4.78 is 20.2. The number of rotatable bonds is 6. The maximum Gasteiger partial charge on any atom is 0.223 e. The molecule has 7 nitrogen and oxygen atoms in total. The van der Waals surface area contributed by atoms with E-state index in [1.807, 2.05) is 12.3 Å². The lowest BCUT2D eigenvalue weighted by atomic mass is 9.95. The molecule has 1 N–H and O–H groups in total. The van der Waals surface area contributed by atoms with Gasteiger partial charge in [0.2, 0.25) is 11.7 Å². The minimum absolute atomic E-state index is 0.0729. The number of nitrogens with one attached hydrogen (secondary N) is 1. The summed E-state index contributed by atoms with van der Waals surface area (Å²) >= 11 is 0. The van der Waals surface area contributed by atoms with E-state index in [4.69, 9.17) is 9.68 Å². The Bertz CT molecular complexity index is 1050. The van der Waals surface area contributed by atoms with E-state index in [-0.39, 0.29) is 29.4 Å². The topological polar surface area (TPSA) is 87.1 Å². The van der Waals surface area contributed by atoms with Gasteiger partial charge in [0.15, 0.2) is 0 Å². The van der Waals surface area contributed by atoms with E-state index >= 15 is 0 Å². The number of carbonyl (C=O) groups excluding carboxylic acids is 1. The Balaban J connectivity index is 1.46. The summed E-state index contributed by atoms with van der Waals surface area (Å²) in [5.41, 5.74) is 1.68. The predicted octanol–water partition coefficient (Wildman–Crippen LogP) is 2.79. The molecule has 1 saturated heterocycles. The Morgan fingerprint density at radius 2 is 2.10 bits per heavy atom. The number of halogens is 1. The molecule has 8 heteroatoms. The Hall–Kier alpha value is -3.44. The summed E-state index contributed by atoms with van der Waals surface area (Å²) in [5.74, 6) is 0.820. The van der Waals surface area contributed by atoms with Crippen molar-refractivity contribution >= 4 is 5.91 Å². The molecule has 4 rings (SSSR count). The minimum atomic E-state index is -0.299. The number of likely N-dealkylation sites (tertiary alicyclic amines) is 1. The first kappa shape index (κ1) is 18.9. The summed E-state index contributed by atoms with van der Waals surface area (Å²) in [4.78, 5) is 14.1. The van der Waals surface area contributed by atoms with Gasteiger partial charge in [-0.25, -0.2) is 9.07 Å². The van der Waals surface area contributed by atoms with Gasteiger partial charge in [0.05, 0.1) is 24.5 Å². The molecule has 0 saturated carbocycles. The van der Waals surface area contributed by atoms with Crippen LogP contribution in [0.2, 0.25) is 0 Å². The van der Waals surface area contributed by atoms with Gasteiger partial charge in [0, 0.05) is 37.7 Å². The summed E-state index contributed by atoms with van der Waals surface area (Å²) in [5, 5.41) is 16.5. The number of amides is 1. The number of nitriles is 1. The number of hydrogen-bond donors (Lipinski definition) is 1. The molecule has 1 fully saturated rings. The smallest absolute Gasteiger partial charge is 0.223 e. The fourth-order valence-electron chi connectivity index (χ4n) is 3.77. The fourth-order valence-corrected chi connectivity index (χ4v) is 3.77. The first-order valence-corrected chi connectivity index (χ1v) is 9.31. The van der Waals surface area contributed by atoms with Gasteiger partial charge < -0.3 is 14.6 Å². The van der Waals surface area contributed by atoms with Gasteiger partial charge in [-0.15, -0.1) is 0 Å². The zero-order chi connectivity index (χ0) is 20.4. The lowest BCUT2D eigenvalue weighted by Gasteiger charge is -2.24. The van der Waals surface area contributed by atoms with Gasteiger partial charge in [-0.3, -0.25) is 4.79 Å². The summed E-state index contributed by atoms with van der Waals surface area (Å²) in [6.07, 6.45) is 4.07. The molecule has 2 aromatic heterocycles. The van der Waals surface area contributed by atoms with Crippen LogP contribution < -0.4 is 5.32 Å². The lowest BCUT2D eigenvalue weighted by molar-refractivity contribution is -0.127. The highest BCUT2D eigenvalue weighted by Crippen LogP contribution is 2.36. The van der Waals surface area contributed by atoms with Gasteiger partial charge in [-0.1, -0.05) is 0 Å². The highest BCUT2D eigenvalue weighted by Gasteiger charge is 2.38. The van der Waals surface area contributed by atoms with Gasteiger partial charge in [-0.05, 0) is 36.4 Å². The molecule has 29 heavy (non-hydrogen) atoms. The molecule has 2 atom stereocenters. The molecule has 1 aliphatic heterocycles. The van der Waals surface area contributed by atoms with Crippen LogP contribution in [-0.2, 0) is 11.3 Å². The monoisotopic (exact) mass is 393 g/mol. The second-order valence-electron chi connectivity index (χ2n) is 7.12. The van der Waals surface area contributed by atoms with E-state index in [1.54, 1.807) is 47.1 Å². The fraction of sp³-hybridized carbons (Fsp3) is 0.286. The SMILES string of the molecule is CN1C(=O)C[C@@H](CNCc2ccc(C#N)o2)[C@@H]1c1cnn(-c2ccc(F)cc2)c1. The molecule has 0 aliphatic carbocycles. The number of carbonyl (C=O) groups is 1. The number of furan rings is 1. The number of hydrogen-bond acceptors (Lipinski definition) is 5. The lowest BCUT2D eigenvalue weighted by Crippen LogP contribution is -2.28. The molecule has 0 unspecified atom stereocenters. The normalized spacial score (nSPS) is 18.9. The van der Waals surface area contributed by atoms with E-state index < -0.39 is 0 Å². The average molecular weight is 393 g/mol. The molecule has 1 aliphatic rings. The van der Waals surface area contributed by atoms with Gasteiger partial charge in [0.1, 0.15) is 17.6 Å². The maximum absolute atomic E-state index is 13.2. The third-order valence-electron chi connectivity index (χ3n) is 5.21. The van der Waals surface area contributed by atoms with E-state index in [2.05, 4.69) is 10.4 Å². The Morgan fingerprint density at radius 1 is 1.31 bits per heavy atom. The van der Waals surface area contributed by atoms with Crippen LogP contribution in [-0.4, -0.2) is 34.2 Å². The van der Waals surface area contributed by atoms with Crippen LogP contribution in [0.4, 0.5) is 4.39 Å². The van der Waals surface area contributed by atoms with Crippen LogP contribution in [0.5, 0.6) is 0 Å². The molecule has 3 aromatic rings. The van der Waals surface area contributed by atoms with Crippen LogP contribution in [0.25, 0.3) is 5.69 Å². The van der Waals surface area contributed by atoms with Crippen molar-refractivity contribution in [3.63, 3.8) is 0 Å². The molecular formula is C21H20FN5O2. The highest BCUT2D eigenvalue weighted by atomic mass is 19.1. The van der Waals surface area contributed by atoms with Crippen molar-refractivity contribution in [2.75, 3.05) is 13.6 Å². The molecule has 1 aromatic carbocycles. The maximum atomic E-state index is 13.2. The summed E-state index contributed by atoms with van der Waals surface area (Å²) in [6.45, 7) is 1.10. The van der Waals surface area contributed by atoms with Crippen molar-refractivity contribution < 1.29 is 13.6 Å². The van der Waals surface area contributed by atoms with Crippen molar-refractivity contribution in [3.8, 4) is 11.8 Å². The zero-order valence-corrected chi connectivity index (χ0v) is 15.9. The molecular weight excluding hydrogens is 373 g/mol.